The number of hydrogen-bond acceptors (Lipinski definition) is 1. The van der Waals surface area contributed by atoms with Crippen LogP contribution in [-0.4, -0.2) is 5.91 Å². The lowest BCUT2D eigenvalue weighted by molar-refractivity contribution is -0.115. The summed E-state index contributed by atoms with van der Waals surface area (Å²) in [7, 11) is 0. The van der Waals surface area contributed by atoms with E-state index in [1.807, 2.05) is 60.7 Å². The first-order chi connectivity index (χ1) is 11.7. The summed E-state index contributed by atoms with van der Waals surface area (Å²) in [4.78, 5) is 12.4. The Morgan fingerprint density at radius 2 is 1.54 bits per heavy atom. The van der Waals surface area contributed by atoms with Gasteiger partial charge in [-0.25, -0.2) is 0 Å². The first-order valence-electron chi connectivity index (χ1n) is 7.87. The number of amides is 1. The first-order valence-corrected chi connectivity index (χ1v) is 8.66. The molecule has 0 aliphatic rings. The lowest BCUT2D eigenvalue weighted by Gasteiger charge is -2.11. The van der Waals surface area contributed by atoms with E-state index in [1.54, 1.807) is 0 Å². The molecule has 0 saturated heterocycles. The van der Waals surface area contributed by atoms with Crippen molar-refractivity contribution < 1.29 is 4.79 Å². The number of nitrogens with one attached hydrogen (secondary N) is 1. The lowest BCUT2D eigenvalue weighted by Crippen LogP contribution is -2.15. The van der Waals surface area contributed by atoms with Crippen LogP contribution in [0.5, 0.6) is 0 Å². The summed E-state index contributed by atoms with van der Waals surface area (Å²) in [6.45, 7) is 0. The molecule has 1 amide bonds. The Labute approximate surface area is 150 Å². The van der Waals surface area contributed by atoms with Gasteiger partial charge in [-0.15, -0.1) is 0 Å². The molecule has 0 unspecified atom stereocenters. The fourth-order valence-corrected chi connectivity index (χ4v) is 3.09. The third kappa shape index (κ3) is 4.56. The maximum absolute atomic E-state index is 12.4. The van der Waals surface area contributed by atoms with Crippen molar-refractivity contribution in [2.24, 2.45) is 0 Å². The zero-order chi connectivity index (χ0) is 16.8. The molecule has 3 rings (SSSR count). The SMILES string of the molecule is O=C(Cc1cccc(Br)c1)Nc1ccccc1Cc1ccccc1. The van der Waals surface area contributed by atoms with Crippen LogP contribution < -0.4 is 5.32 Å². The predicted molar refractivity (Wildman–Crippen MR) is 102 cm³/mol. The third-order valence-electron chi connectivity index (χ3n) is 3.78. The van der Waals surface area contributed by atoms with Gasteiger partial charge in [-0.05, 0) is 41.3 Å². The van der Waals surface area contributed by atoms with Gasteiger partial charge >= 0.3 is 0 Å². The average molecular weight is 380 g/mol. The molecule has 0 aliphatic heterocycles. The fourth-order valence-electron chi connectivity index (χ4n) is 2.64. The Morgan fingerprint density at radius 1 is 0.833 bits per heavy atom. The van der Waals surface area contributed by atoms with Gasteiger partial charge in [0.25, 0.3) is 0 Å². The predicted octanol–water partition coefficient (Wildman–Crippen LogP) is 5.22. The molecule has 0 atom stereocenters. The molecule has 120 valence electrons. The topological polar surface area (TPSA) is 29.1 Å². The summed E-state index contributed by atoms with van der Waals surface area (Å²) >= 11 is 3.44. The van der Waals surface area contributed by atoms with Gasteiger partial charge in [0, 0.05) is 10.2 Å². The second-order valence-corrected chi connectivity index (χ2v) is 6.59. The van der Waals surface area contributed by atoms with E-state index >= 15 is 0 Å². The van der Waals surface area contributed by atoms with Crippen molar-refractivity contribution in [1.82, 2.24) is 0 Å². The molecular formula is C21H18BrNO. The molecule has 3 heteroatoms. The van der Waals surface area contributed by atoms with Crippen LogP contribution in [0.1, 0.15) is 16.7 Å². The van der Waals surface area contributed by atoms with Crippen LogP contribution in [0.4, 0.5) is 5.69 Å². The molecule has 0 heterocycles. The van der Waals surface area contributed by atoms with Crippen molar-refractivity contribution in [2.45, 2.75) is 12.8 Å². The minimum atomic E-state index is -0.00592. The number of halogens is 1. The summed E-state index contributed by atoms with van der Waals surface area (Å²) in [6, 6.07) is 26.1. The Balaban J connectivity index is 1.72. The van der Waals surface area contributed by atoms with Crippen molar-refractivity contribution in [3.63, 3.8) is 0 Å². The van der Waals surface area contributed by atoms with E-state index in [-0.39, 0.29) is 5.91 Å². The second-order valence-electron chi connectivity index (χ2n) is 5.67. The van der Waals surface area contributed by atoms with Crippen molar-refractivity contribution in [2.75, 3.05) is 5.32 Å². The van der Waals surface area contributed by atoms with Gasteiger partial charge in [-0.2, -0.15) is 0 Å². The number of carbonyl (C=O) groups is 1. The summed E-state index contributed by atoms with van der Waals surface area (Å²) < 4.78 is 0.984. The molecule has 3 aromatic rings. The van der Waals surface area contributed by atoms with E-state index in [0.29, 0.717) is 6.42 Å². The molecule has 3 aromatic carbocycles. The number of para-hydroxylation sites is 1. The average Bonchev–Trinajstić information content (AvgIpc) is 2.57. The van der Waals surface area contributed by atoms with Crippen molar-refractivity contribution >= 4 is 27.5 Å². The number of anilines is 1. The van der Waals surface area contributed by atoms with Gasteiger partial charge < -0.3 is 5.32 Å². The Hall–Kier alpha value is -2.39. The quantitative estimate of drug-likeness (QED) is 0.646. The van der Waals surface area contributed by atoms with E-state index in [1.165, 1.54) is 5.56 Å². The van der Waals surface area contributed by atoms with Crippen LogP contribution in [0, 0.1) is 0 Å². The number of hydrogen-bond donors (Lipinski definition) is 1. The van der Waals surface area contributed by atoms with Crippen LogP contribution in [-0.2, 0) is 17.6 Å². The number of carbonyl (C=O) groups excluding carboxylic acids is 1. The van der Waals surface area contributed by atoms with Gasteiger partial charge in [0.1, 0.15) is 0 Å². The van der Waals surface area contributed by atoms with Gasteiger partial charge in [-0.3, -0.25) is 4.79 Å². The number of benzene rings is 3. The minimum Gasteiger partial charge on any atom is -0.326 e. The van der Waals surface area contributed by atoms with E-state index in [9.17, 15) is 4.79 Å². The zero-order valence-electron chi connectivity index (χ0n) is 13.2. The molecule has 0 aliphatic carbocycles. The normalized spacial score (nSPS) is 10.4. The van der Waals surface area contributed by atoms with Crippen LogP contribution >= 0.6 is 15.9 Å². The van der Waals surface area contributed by atoms with E-state index in [0.717, 1.165) is 27.7 Å². The lowest BCUT2D eigenvalue weighted by atomic mass is 10.0. The highest BCUT2D eigenvalue weighted by Gasteiger charge is 2.08. The molecular weight excluding hydrogens is 362 g/mol. The fraction of sp³-hybridized carbons (Fsp3) is 0.0952. The van der Waals surface area contributed by atoms with Gasteiger partial charge in [0.2, 0.25) is 5.91 Å². The van der Waals surface area contributed by atoms with Gasteiger partial charge in [-0.1, -0.05) is 76.6 Å². The third-order valence-corrected chi connectivity index (χ3v) is 4.28. The Bertz CT molecular complexity index is 830. The highest BCUT2D eigenvalue weighted by Crippen LogP contribution is 2.20. The molecule has 2 nitrogen and oxygen atoms in total. The molecule has 0 aromatic heterocycles. The van der Waals surface area contributed by atoms with E-state index in [2.05, 4.69) is 39.4 Å². The van der Waals surface area contributed by atoms with Crippen LogP contribution in [0.15, 0.2) is 83.3 Å². The summed E-state index contributed by atoms with van der Waals surface area (Å²) in [6.07, 6.45) is 1.16. The van der Waals surface area contributed by atoms with Gasteiger partial charge in [0.05, 0.1) is 6.42 Å². The minimum absolute atomic E-state index is 0.00592. The summed E-state index contributed by atoms with van der Waals surface area (Å²) in [5.41, 5.74) is 4.21. The number of rotatable bonds is 5. The zero-order valence-corrected chi connectivity index (χ0v) is 14.8. The van der Waals surface area contributed by atoms with Crippen molar-refractivity contribution in [3.05, 3.63) is 100 Å². The molecule has 0 fully saturated rings. The van der Waals surface area contributed by atoms with Gasteiger partial charge in [0.15, 0.2) is 0 Å². The molecule has 0 spiro atoms. The first kappa shape index (κ1) is 16.5. The van der Waals surface area contributed by atoms with E-state index < -0.39 is 0 Å². The monoisotopic (exact) mass is 379 g/mol. The maximum Gasteiger partial charge on any atom is 0.228 e. The molecule has 0 radical (unpaired) electrons. The Kier molecular flexibility index (Phi) is 5.44. The molecule has 24 heavy (non-hydrogen) atoms. The molecule has 0 bridgehead atoms. The largest absolute Gasteiger partial charge is 0.326 e. The van der Waals surface area contributed by atoms with Crippen LogP contribution in [0.25, 0.3) is 0 Å². The Morgan fingerprint density at radius 3 is 2.33 bits per heavy atom. The second kappa shape index (κ2) is 7.93. The van der Waals surface area contributed by atoms with Crippen LogP contribution in [0.3, 0.4) is 0 Å². The summed E-state index contributed by atoms with van der Waals surface area (Å²) in [5.74, 6) is -0.00592. The highest BCUT2D eigenvalue weighted by atomic mass is 79.9. The molecule has 1 N–H and O–H groups in total. The van der Waals surface area contributed by atoms with E-state index in [4.69, 9.17) is 0 Å². The summed E-state index contributed by atoms with van der Waals surface area (Å²) in [5, 5.41) is 3.04. The van der Waals surface area contributed by atoms with Crippen molar-refractivity contribution in [1.29, 1.82) is 0 Å². The highest BCUT2D eigenvalue weighted by molar-refractivity contribution is 9.10. The molecule has 0 saturated carbocycles. The van der Waals surface area contributed by atoms with Crippen molar-refractivity contribution in [3.8, 4) is 0 Å². The van der Waals surface area contributed by atoms with Crippen LogP contribution in [0.2, 0.25) is 0 Å². The standard InChI is InChI=1S/C21H18BrNO/c22-19-11-6-9-17(14-19)15-21(24)23-20-12-5-4-10-18(20)13-16-7-2-1-3-8-16/h1-12,14H,13,15H2,(H,23,24). The smallest absolute Gasteiger partial charge is 0.228 e. The maximum atomic E-state index is 12.4.